The summed E-state index contributed by atoms with van der Waals surface area (Å²) in [6.45, 7) is 0. The second-order valence-electron chi connectivity index (χ2n) is 4.11. The molecular formula is C11H13Cl3FNO. The monoisotopic (exact) mass is 299 g/mol. The number of hydrogen-bond donors (Lipinski definition) is 2. The molecule has 0 spiro atoms. The van der Waals surface area contributed by atoms with Gasteiger partial charge < -0.3 is 10.8 Å². The summed E-state index contributed by atoms with van der Waals surface area (Å²) in [5, 5.41) is 10.2. The molecular weight excluding hydrogens is 287 g/mol. The molecule has 1 aliphatic carbocycles. The maximum Gasteiger partial charge on any atom is 0.129 e. The lowest BCUT2D eigenvalue weighted by Gasteiger charge is -2.20. The average molecular weight is 301 g/mol. The fourth-order valence-electron chi connectivity index (χ4n) is 1.75. The molecule has 2 atom stereocenters. The SMILES string of the molecule is Cl.N[C@H](c1c(F)ccc(Cl)c1Cl)[C@@H](O)C1CC1. The Labute approximate surface area is 115 Å². The van der Waals surface area contributed by atoms with Gasteiger partial charge in [-0.25, -0.2) is 4.39 Å². The van der Waals surface area contributed by atoms with Crippen LogP contribution in [-0.4, -0.2) is 11.2 Å². The smallest absolute Gasteiger partial charge is 0.129 e. The van der Waals surface area contributed by atoms with E-state index in [0.717, 1.165) is 12.8 Å². The van der Waals surface area contributed by atoms with Crippen LogP contribution in [0.15, 0.2) is 12.1 Å². The third-order valence-corrected chi connectivity index (χ3v) is 3.70. The molecule has 17 heavy (non-hydrogen) atoms. The number of nitrogens with two attached hydrogens (primary N) is 1. The van der Waals surface area contributed by atoms with Gasteiger partial charge in [0.2, 0.25) is 0 Å². The maximum atomic E-state index is 13.6. The molecule has 3 N–H and O–H groups in total. The summed E-state index contributed by atoms with van der Waals surface area (Å²) in [6.07, 6.45) is 1.09. The molecule has 0 aliphatic heterocycles. The predicted octanol–water partition coefficient (Wildman–Crippen LogP) is 3.33. The van der Waals surface area contributed by atoms with Gasteiger partial charge >= 0.3 is 0 Å². The van der Waals surface area contributed by atoms with Crippen LogP contribution in [0.25, 0.3) is 0 Å². The molecule has 0 heterocycles. The molecule has 1 aromatic rings. The first kappa shape index (κ1) is 15.0. The average Bonchev–Trinajstić information content (AvgIpc) is 3.06. The van der Waals surface area contributed by atoms with Gasteiger partial charge in [0, 0.05) is 5.56 Å². The Bertz CT molecular complexity index is 412. The zero-order chi connectivity index (χ0) is 11.9. The van der Waals surface area contributed by atoms with Crippen LogP contribution < -0.4 is 5.73 Å². The van der Waals surface area contributed by atoms with Crippen LogP contribution in [0.3, 0.4) is 0 Å². The van der Waals surface area contributed by atoms with Crippen molar-refractivity contribution in [3.8, 4) is 0 Å². The molecule has 2 rings (SSSR count). The lowest BCUT2D eigenvalue weighted by atomic mass is 9.98. The number of aliphatic hydroxyl groups excluding tert-OH is 1. The van der Waals surface area contributed by atoms with E-state index in [1.54, 1.807) is 0 Å². The van der Waals surface area contributed by atoms with Crippen LogP contribution in [0, 0.1) is 11.7 Å². The van der Waals surface area contributed by atoms with Crippen molar-refractivity contribution in [2.45, 2.75) is 25.0 Å². The summed E-state index contributed by atoms with van der Waals surface area (Å²) < 4.78 is 13.6. The molecule has 1 saturated carbocycles. The van der Waals surface area contributed by atoms with Crippen molar-refractivity contribution >= 4 is 35.6 Å². The van der Waals surface area contributed by atoms with Crippen LogP contribution >= 0.6 is 35.6 Å². The molecule has 6 heteroatoms. The van der Waals surface area contributed by atoms with Crippen LogP contribution in [0.5, 0.6) is 0 Å². The number of rotatable bonds is 3. The van der Waals surface area contributed by atoms with E-state index < -0.39 is 18.0 Å². The summed E-state index contributed by atoms with van der Waals surface area (Å²) in [5.74, 6) is -0.369. The van der Waals surface area contributed by atoms with Crippen molar-refractivity contribution < 1.29 is 9.50 Å². The van der Waals surface area contributed by atoms with E-state index >= 15 is 0 Å². The molecule has 1 aliphatic rings. The number of benzene rings is 1. The third-order valence-electron chi connectivity index (χ3n) is 2.89. The zero-order valence-electron chi connectivity index (χ0n) is 8.87. The van der Waals surface area contributed by atoms with Crippen molar-refractivity contribution in [1.29, 1.82) is 0 Å². The minimum absolute atomic E-state index is 0. The number of aliphatic hydroxyl groups is 1. The van der Waals surface area contributed by atoms with Crippen molar-refractivity contribution in [1.82, 2.24) is 0 Å². The summed E-state index contributed by atoms with van der Waals surface area (Å²) in [6, 6.07) is 1.76. The van der Waals surface area contributed by atoms with Gasteiger partial charge in [-0.1, -0.05) is 23.2 Å². The highest BCUT2D eigenvalue weighted by atomic mass is 35.5. The lowest BCUT2D eigenvalue weighted by Crippen LogP contribution is -2.29. The van der Waals surface area contributed by atoms with E-state index in [9.17, 15) is 9.50 Å². The van der Waals surface area contributed by atoms with E-state index in [4.69, 9.17) is 28.9 Å². The molecule has 0 radical (unpaired) electrons. The second kappa shape index (κ2) is 5.72. The van der Waals surface area contributed by atoms with Gasteiger partial charge in [0.1, 0.15) is 5.82 Å². The van der Waals surface area contributed by atoms with E-state index in [-0.39, 0.29) is 33.9 Å². The van der Waals surface area contributed by atoms with Crippen LogP contribution in [0.1, 0.15) is 24.4 Å². The molecule has 0 saturated heterocycles. The maximum absolute atomic E-state index is 13.6. The molecule has 1 aromatic carbocycles. The standard InChI is InChI=1S/C11H12Cl2FNO.ClH/c12-6-3-4-7(14)8(9(6)13)10(15)11(16)5-1-2-5;/h3-5,10-11,16H,1-2,15H2;1H/t10-,11+;/m1./s1. The van der Waals surface area contributed by atoms with Crippen LogP contribution in [-0.2, 0) is 0 Å². The summed E-state index contributed by atoms with van der Waals surface area (Å²) in [4.78, 5) is 0. The van der Waals surface area contributed by atoms with Gasteiger partial charge in [0.15, 0.2) is 0 Å². The molecule has 0 aromatic heterocycles. The Kier molecular flexibility index (Phi) is 5.05. The molecule has 0 bridgehead atoms. The van der Waals surface area contributed by atoms with E-state index in [0.29, 0.717) is 0 Å². The third kappa shape index (κ3) is 3.04. The van der Waals surface area contributed by atoms with Gasteiger partial charge in [-0.2, -0.15) is 0 Å². The minimum atomic E-state index is -0.821. The Hall–Kier alpha value is -0.0600. The van der Waals surface area contributed by atoms with Gasteiger partial charge in [0.25, 0.3) is 0 Å². The Morgan fingerprint density at radius 1 is 1.35 bits per heavy atom. The van der Waals surface area contributed by atoms with Crippen molar-refractivity contribution in [2.24, 2.45) is 11.7 Å². The Balaban J connectivity index is 0.00000144. The highest BCUT2D eigenvalue weighted by Crippen LogP contribution is 2.40. The molecule has 96 valence electrons. The Morgan fingerprint density at radius 2 is 1.94 bits per heavy atom. The van der Waals surface area contributed by atoms with E-state index in [1.807, 2.05) is 0 Å². The highest BCUT2D eigenvalue weighted by molar-refractivity contribution is 6.42. The second-order valence-corrected chi connectivity index (χ2v) is 4.90. The predicted molar refractivity (Wildman–Crippen MR) is 69.3 cm³/mol. The van der Waals surface area contributed by atoms with Gasteiger partial charge in [0.05, 0.1) is 22.2 Å². The van der Waals surface area contributed by atoms with Gasteiger partial charge in [-0.15, -0.1) is 12.4 Å². The summed E-state index contributed by atoms with van der Waals surface area (Å²) in [7, 11) is 0. The largest absolute Gasteiger partial charge is 0.391 e. The van der Waals surface area contributed by atoms with E-state index in [1.165, 1.54) is 12.1 Å². The van der Waals surface area contributed by atoms with Crippen molar-refractivity contribution in [3.05, 3.63) is 33.6 Å². The van der Waals surface area contributed by atoms with Gasteiger partial charge in [-0.3, -0.25) is 0 Å². The fraction of sp³-hybridized carbons (Fsp3) is 0.455. The summed E-state index contributed by atoms with van der Waals surface area (Å²) >= 11 is 11.7. The lowest BCUT2D eigenvalue weighted by molar-refractivity contribution is 0.121. The van der Waals surface area contributed by atoms with Crippen molar-refractivity contribution in [3.63, 3.8) is 0 Å². The first-order chi connectivity index (χ1) is 7.52. The molecule has 1 fully saturated rings. The molecule has 0 unspecified atom stereocenters. The fourth-order valence-corrected chi connectivity index (χ4v) is 2.19. The topological polar surface area (TPSA) is 46.2 Å². The van der Waals surface area contributed by atoms with E-state index in [2.05, 4.69) is 0 Å². The Morgan fingerprint density at radius 3 is 2.47 bits per heavy atom. The summed E-state index contributed by atoms with van der Waals surface area (Å²) in [5.41, 5.74) is 5.92. The molecule has 2 nitrogen and oxygen atoms in total. The molecule has 0 amide bonds. The number of halogens is 4. The zero-order valence-corrected chi connectivity index (χ0v) is 11.2. The normalized spacial score (nSPS) is 18.4. The first-order valence-corrected chi connectivity index (χ1v) is 5.85. The number of hydrogen-bond acceptors (Lipinski definition) is 2. The quantitative estimate of drug-likeness (QED) is 0.841. The van der Waals surface area contributed by atoms with Gasteiger partial charge in [-0.05, 0) is 30.9 Å². The highest BCUT2D eigenvalue weighted by Gasteiger charge is 2.36. The van der Waals surface area contributed by atoms with Crippen molar-refractivity contribution in [2.75, 3.05) is 0 Å². The van der Waals surface area contributed by atoms with Crippen LogP contribution in [0.4, 0.5) is 4.39 Å². The minimum Gasteiger partial charge on any atom is -0.391 e. The first-order valence-electron chi connectivity index (χ1n) is 5.09. The van der Waals surface area contributed by atoms with Crippen LogP contribution in [0.2, 0.25) is 10.0 Å².